The summed E-state index contributed by atoms with van der Waals surface area (Å²) in [4.78, 5) is 26.4. The molecule has 1 fully saturated rings. The summed E-state index contributed by atoms with van der Waals surface area (Å²) in [5, 5.41) is 8.14. The molecule has 1 atom stereocenters. The molecule has 25 heavy (non-hydrogen) atoms. The highest BCUT2D eigenvalue weighted by molar-refractivity contribution is 5.92. The molecule has 0 bridgehead atoms. The van der Waals surface area contributed by atoms with E-state index in [1.165, 1.54) is 5.56 Å². The van der Waals surface area contributed by atoms with Crippen molar-refractivity contribution in [3.05, 3.63) is 47.3 Å². The summed E-state index contributed by atoms with van der Waals surface area (Å²) in [5.74, 6) is 0.0649. The molecule has 1 unspecified atom stereocenters. The first-order valence-electron chi connectivity index (χ1n) is 8.85. The molecule has 1 amide bonds. The van der Waals surface area contributed by atoms with Crippen LogP contribution in [-0.2, 0) is 11.3 Å². The molecule has 0 radical (unpaired) electrons. The Morgan fingerprint density at radius 1 is 1.28 bits per heavy atom. The largest absolute Gasteiger partial charge is 0.336 e. The Bertz CT molecular complexity index is 768. The Hall–Kier alpha value is -2.50. The minimum atomic E-state index is -0.135. The van der Waals surface area contributed by atoms with Gasteiger partial charge in [-0.05, 0) is 30.9 Å². The number of carbonyl (C=O) groups excluding carboxylic acids is 2. The van der Waals surface area contributed by atoms with Gasteiger partial charge in [-0.15, -0.1) is 5.10 Å². The van der Waals surface area contributed by atoms with Crippen molar-refractivity contribution in [2.24, 2.45) is 5.92 Å². The maximum Gasteiger partial charge on any atom is 0.276 e. The molecule has 2 heterocycles. The van der Waals surface area contributed by atoms with Crippen LogP contribution in [0.25, 0.3) is 0 Å². The lowest BCUT2D eigenvalue weighted by molar-refractivity contribution is -0.123. The van der Waals surface area contributed by atoms with Crippen LogP contribution >= 0.6 is 0 Å². The van der Waals surface area contributed by atoms with E-state index >= 15 is 0 Å². The summed E-state index contributed by atoms with van der Waals surface area (Å²) >= 11 is 0. The molecule has 132 valence electrons. The molecular weight excluding hydrogens is 316 g/mol. The number of hydrogen-bond acceptors (Lipinski definition) is 4. The van der Waals surface area contributed by atoms with Crippen molar-refractivity contribution in [3.8, 4) is 0 Å². The van der Waals surface area contributed by atoms with E-state index < -0.39 is 0 Å². The predicted molar refractivity (Wildman–Crippen MR) is 94.2 cm³/mol. The van der Waals surface area contributed by atoms with E-state index in [1.807, 2.05) is 25.1 Å². The zero-order chi connectivity index (χ0) is 17.8. The lowest BCUT2D eigenvalue weighted by Crippen LogP contribution is -2.42. The fraction of sp³-hybridized carbons (Fsp3) is 0.474. The molecule has 6 nitrogen and oxygen atoms in total. The van der Waals surface area contributed by atoms with Gasteiger partial charge in [-0.2, -0.15) is 0 Å². The molecule has 1 aromatic carbocycles. The smallest absolute Gasteiger partial charge is 0.276 e. The number of amides is 1. The molecule has 1 aliphatic heterocycles. The van der Waals surface area contributed by atoms with Crippen molar-refractivity contribution >= 4 is 11.7 Å². The van der Waals surface area contributed by atoms with Crippen LogP contribution in [-0.4, -0.2) is 44.7 Å². The number of carbonyl (C=O) groups is 2. The van der Waals surface area contributed by atoms with Crippen LogP contribution in [0.5, 0.6) is 0 Å². The van der Waals surface area contributed by atoms with Gasteiger partial charge >= 0.3 is 0 Å². The molecule has 3 rings (SSSR count). The number of piperidine rings is 1. The summed E-state index contributed by atoms with van der Waals surface area (Å²) in [6.45, 7) is 5.69. The number of aromatic nitrogens is 3. The molecule has 1 aromatic heterocycles. The summed E-state index contributed by atoms with van der Waals surface area (Å²) in [5.41, 5.74) is 2.68. The minimum absolute atomic E-state index is 0.0373. The van der Waals surface area contributed by atoms with Gasteiger partial charge in [-0.3, -0.25) is 9.59 Å². The summed E-state index contributed by atoms with van der Waals surface area (Å²) in [6.07, 6.45) is 3.95. The summed E-state index contributed by atoms with van der Waals surface area (Å²) in [6, 6.07) is 8.09. The molecule has 6 heteroatoms. The second kappa shape index (κ2) is 7.59. The second-order valence-electron chi connectivity index (χ2n) is 6.64. The molecule has 0 saturated carbocycles. The van der Waals surface area contributed by atoms with Crippen molar-refractivity contribution in [2.75, 3.05) is 13.1 Å². The fourth-order valence-corrected chi connectivity index (χ4v) is 3.31. The van der Waals surface area contributed by atoms with Gasteiger partial charge in [0.15, 0.2) is 5.69 Å². The van der Waals surface area contributed by atoms with E-state index in [-0.39, 0.29) is 17.6 Å². The number of Topliss-reactive ketones (excluding diaryl/α,β-unsaturated/α-hetero) is 1. The normalized spacial score (nSPS) is 17.5. The SMILES string of the molecule is CCC(=O)C1CCCN(C(=O)c2cn(Cc3ccccc3C)nn2)C1. The third kappa shape index (κ3) is 3.95. The zero-order valence-corrected chi connectivity index (χ0v) is 14.8. The summed E-state index contributed by atoms with van der Waals surface area (Å²) < 4.78 is 1.69. The highest BCUT2D eigenvalue weighted by atomic mass is 16.2. The number of ketones is 1. The van der Waals surface area contributed by atoms with Crippen LogP contribution in [0.3, 0.4) is 0 Å². The van der Waals surface area contributed by atoms with Crippen molar-refractivity contribution in [3.63, 3.8) is 0 Å². The number of rotatable bonds is 5. The lowest BCUT2D eigenvalue weighted by atomic mass is 9.92. The fourth-order valence-electron chi connectivity index (χ4n) is 3.31. The first-order valence-corrected chi connectivity index (χ1v) is 8.85. The van der Waals surface area contributed by atoms with E-state index in [0.717, 1.165) is 18.4 Å². The van der Waals surface area contributed by atoms with Gasteiger partial charge in [-0.1, -0.05) is 36.4 Å². The number of nitrogens with zero attached hydrogens (tertiary/aromatic N) is 4. The Labute approximate surface area is 147 Å². The van der Waals surface area contributed by atoms with Crippen molar-refractivity contribution in [2.45, 2.75) is 39.7 Å². The molecule has 0 spiro atoms. The Morgan fingerprint density at radius 2 is 2.08 bits per heavy atom. The Morgan fingerprint density at radius 3 is 2.84 bits per heavy atom. The molecule has 2 aromatic rings. The van der Waals surface area contributed by atoms with Gasteiger partial charge in [0.25, 0.3) is 5.91 Å². The molecule has 1 aliphatic rings. The Kier molecular flexibility index (Phi) is 5.26. The highest BCUT2D eigenvalue weighted by Crippen LogP contribution is 2.20. The van der Waals surface area contributed by atoms with Crippen LogP contribution in [0.1, 0.15) is 47.8 Å². The van der Waals surface area contributed by atoms with Gasteiger partial charge in [0, 0.05) is 25.4 Å². The van der Waals surface area contributed by atoms with Crippen molar-refractivity contribution in [1.29, 1.82) is 0 Å². The first kappa shape index (κ1) is 17.3. The quantitative estimate of drug-likeness (QED) is 0.838. The van der Waals surface area contributed by atoms with E-state index in [9.17, 15) is 9.59 Å². The van der Waals surface area contributed by atoms with E-state index in [4.69, 9.17) is 0 Å². The van der Waals surface area contributed by atoms with Crippen LogP contribution in [0.15, 0.2) is 30.5 Å². The maximum atomic E-state index is 12.7. The topological polar surface area (TPSA) is 68.1 Å². The molecule has 1 saturated heterocycles. The van der Waals surface area contributed by atoms with Crippen molar-refractivity contribution < 1.29 is 9.59 Å². The third-order valence-electron chi connectivity index (χ3n) is 4.86. The third-order valence-corrected chi connectivity index (χ3v) is 4.86. The van der Waals surface area contributed by atoms with E-state index in [2.05, 4.69) is 23.3 Å². The number of aryl methyl sites for hydroxylation is 1. The monoisotopic (exact) mass is 340 g/mol. The molecular formula is C19H24N4O2. The average Bonchev–Trinajstić information content (AvgIpc) is 3.11. The highest BCUT2D eigenvalue weighted by Gasteiger charge is 2.29. The predicted octanol–water partition coefficient (Wildman–Crippen LogP) is 2.47. The van der Waals surface area contributed by atoms with Crippen LogP contribution < -0.4 is 0 Å². The van der Waals surface area contributed by atoms with Crippen LogP contribution in [0, 0.1) is 12.8 Å². The number of likely N-dealkylation sites (tertiary alicyclic amines) is 1. The van der Waals surface area contributed by atoms with E-state index in [0.29, 0.717) is 31.7 Å². The lowest BCUT2D eigenvalue weighted by Gasteiger charge is -2.31. The van der Waals surface area contributed by atoms with E-state index in [1.54, 1.807) is 15.8 Å². The molecule has 0 aliphatic carbocycles. The summed E-state index contributed by atoms with van der Waals surface area (Å²) in [7, 11) is 0. The van der Waals surface area contributed by atoms with Gasteiger partial charge in [0.1, 0.15) is 5.78 Å². The Balaban J connectivity index is 1.68. The minimum Gasteiger partial charge on any atom is -0.336 e. The van der Waals surface area contributed by atoms with Crippen molar-refractivity contribution in [1.82, 2.24) is 19.9 Å². The number of benzene rings is 1. The first-order chi connectivity index (χ1) is 12.1. The average molecular weight is 340 g/mol. The van der Waals surface area contributed by atoms with Gasteiger partial charge in [0.05, 0.1) is 12.7 Å². The van der Waals surface area contributed by atoms with Crippen LogP contribution in [0.4, 0.5) is 0 Å². The van der Waals surface area contributed by atoms with Gasteiger partial charge < -0.3 is 4.90 Å². The van der Waals surface area contributed by atoms with Crippen LogP contribution in [0.2, 0.25) is 0 Å². The number of hydrogen-bond donors (Lipinski definition) is 0. The zero-order valence-electron chi connectivity index (χ0n) is 14.8. The molecule has 0 N–H and O–H groups in total. The maximum absolute atomic E-state index is 12.7. The second-order valence-corrected chi connectivity index (χ2v) is 6.64. The van der Waals surface area contributed by atoms with Gasteiger partial charge in [0.2, 0.25) is 0 Å². The van der Waals surface area contributed by atoms with Gasteiger partial charge in [-0.25, -0.2) is 4.68 Å². The standard InChI is InChI=1S/C19H24N4O2/c1-3-18(24)16-9-6-10-22(11-16)19(25)17-13-23(21-20-17)12-15-8-5-4-7-14(15)2/h4-5,7-8,13,16H,3,6,9-12H2,1-2H3.